The fraction of sp³-hybridized carbons (Fsp3) is 0.467. The largest absolute Gasteiger partial charge is 0.494 e. The second-order valence-corrected chi connectivity index (χ2v) is 4.75. The van der Waals surface area contributed by atoms with Crippen LogP contribution in [0.1, 0.15) is 44.0 Å². The number of rotatable bonds is 7. The molecule has 104 valence electrons. The molecule has 0 aliphatic heterocycles. The van der Waals surface area contributed by atoms with Crippen molar-refractivity contribution in [3.8, 4) is 5.75 Å². The Bertz CT molecular complexity index is 424. The monoisotopic (exact) mass is 263 g/mol. The molecule has 0 aliphatic carbocycles. The van der Waals surface area contributed by atoms with Crippen molar-refractivity contribution in [3.05, 3.63) is 29.8 Å². The van der Waals surface area contributed by atoms with E-state index in [-0.39, 0.29) is 17.7 Å². The first-order chi connectivity index (χ1) is 8.99. The number of nitrogens with one attached hydrogen (secondary N) is 1. The molecule has 0 saturated carbocycles. The molecule has 1 N–H and O–H groups in total. The number of ether oxygens (including phenoxy) is 1. The first-order valence-electron chi connectivity index (χ1n) is 6.52. The van der Waals surface area contributed by atoms with Gasteiger partial charge in [0.15, 0.2) is 5.78 Å². The number of benzene rings is 1. The second-order valence-electron chi connectivity index (χ2n) is 4.75. The lowest BCUT2D eigenvalue weighted by Gasteiger charge is -2.09. The molecule has 0 fully saturated rings. The summed E-state index contributed by atoms with van der Waals surface area (Å²) in [7, 11) is 0. The lowest BCUT2D eigenvalue weighted by atomic mass is 10.1. The maximum Gasteiger partial charge on any atom is 0.220 e. The van der Waals surface area contributed by atoms with Gasteiger partial charge in [-0.05, 0) is 51.5 Å². The van der Waals surface area contributed by atoms with Crippen molar-refractivity contribution in [2.24, 2.45) is 0 Å². The van der Waals surface area contributed by atoms with Crippen molar-refractivity contribution >= 4 is 11.7 Å². The summed E-state index contributed by atoms with van der Waals surface area (Å²) >= 11 is 0. The summed E-state index contributed by atoms with van der Waals surface area (Å²) in [4.78, 5) is 22.5. The summed E-state index contributed by atoms with van der Waals surface area (Å²) < 4.78 is 5.50. The summed E-state index contributed by atoms with van der Waals surface area (Å²) in [6, 6.07) is 7.19. The highest BCUT2D eigenvalue weighted by Gasteiger charge is 2.03. The number of hydrogen-bond acceptors (Lipinski definition) is 3. The molecule has 0 atom stereocenters. The standard InChI is InChI=1S/C15H21NO3/c1-11(2)16-15(18)5-4-10-19-14-8-6-13(7-9-14)12(3)17/h6-9,11H,4-5,10H2,1-3H3,(H,16,18). The summed E-state index contributed by atoms with van der Waals surface area (Å²) in [5.41, 5.74) is 0.670. The van der Waals surface area contributed by atoms with Gasteiger partial charge in [0.2, 0.25) is 5.91 Å². The molecule has 1 rings (SSSR count). The summed E-state index contributed by atoms with van der Waals surface area (Å²) in [5.74, 6) is 0.803. The number of carbonyl (C=O) groups is 2. The topological polar surface area (TPSA) is 55.4 Å². The number of ketones is 1. The Morgan fingerprint density at radius 1 is 1.21 bits per heavy atom. The zero-order chi connectivity index (χ0) is 14.3. The van der Waals surface area contributed by atoms with E-state index in [2.05, 4.69) is 5.32 Å². The van der Waals surface area contributed by atoms with Gasteiger partial charge >= 0.3 is 0 Å². The first kappa shape index (κ1) is 15.2. The van der Waals surface area contributed by atoms with Crippen molar-refractivity contribution in [3.63, 3.8) is 0 Å². The first-order valence-corrected chi connectivity index (χ1v) is 6.52. The number of amides is 1. The van der Waals surface area contributed by atoms with Gasteiger partial charge in [-0.1, -0.05) is 0 Å². The molecule has 0 radical (unpaired) electrons. The van der Waals surface area contributed by atoms with E-state index in [9.17, 15) is 9.59 Å². The minimum atomic E-state index is 0.0388. The number of carbonyl (C=O) groups excluding carboxylic acids is 2. The molecule has 0 saturated heterocycles. The molecular formula is C15H21NO3. The highest BCUT2D eigenvalue weighted by atomic mass is 16.5. The molecule has 4 heteroatoms. The van der Waals surface area contributed by atoms with Crippen molar-refractivity contribution in [2.45, 2.75) is 39.7 Å². The molecular weight excluding hydrogens is 242 g/mol. The highest BCUT2D eigenvalue weighted by Crippen LogP contribution is 2.12. The van der Waals surface area contributed by atoms with E-state index in [0.29, 0.717) is 30.8 Å². The Hall–Kier alpha value is -1.84. The Balaban J connectivity index is 2.26. The van der Waals surface area contributed by atoms with Crippen LogP contribution in [0.2, 0.25) is 0 Å². The molecule has 0 bridgehead atoms. The van der Waals surface area contributed by atoms with Crippen molar-refractivity contribution in [2.75, 3.05) is 6.61 Å². The Morgan fingerprint density at radius 2 is 1.84 bits per heavy atom. The van der Waals surface area contributed by atoms with E-state index < -0.39 is 0 Å². The third-order valence-electron chi connectivity index (χ3n) is 2.53. The Labute approximate surface area is 114 Å². The second kappa shape index (κ2) is 7.56. The van der Waals surface area contributed by atoms with E-state index in [4.69, 9.17) is 4.74 Å². The van der Waals surface area contributed by atoms with E-state index in [1.165, 1.54) is 6.92 Å². The van der Waals surface area contributed by atoms with Crippen LogP contribution in [0.3, 0.4) is 0 Å². The van der Waals surface area contributed by atoms with Crippen molar-refractivity contribution in [1.82, 2.24) is 5.32 Å². The van der Waals surface area contributed by atoms with E-state index in [1.54, 1.807) is 24.3 Å². The van der Waals surface area contributed by atoms with Gasteiger partial charge in [0, 0.05) is 18.0 Å². The molecule has 0 heterocycles. The number of Topliss-reactive ketones (excluding diaryl/α,β-unsaturated/α-hetero) is 1. The van der Waals surface area contributed by atoms with E-state index >= 15 is 0 Å². The minimum absolute atomic E-state index is 0.0388. The van der Waals surface area contributed by atoms with E-state index in [0.717, 1.165) is 0 Å². The van der Waals surface area contributed by atoms with Crippen LogP contribution >= 0.6 is 0 Å². The predicted molar refractivity (Wildman–Crippen MR) is 74.5 cm³/mol. The van der Waals surface area contributed by atoms with Gasteiger partial charge in [0.1, 0.15) is 5.75 Å². The number of hydrogen-bond donors (Lipinski definition) is 1. The molecule has 0 unspecified atom stereocenters. The molecule has 19 heavy (non-hydrogen) atoms. The van der Waals surface area contributed by atoms with Crippen LogP contribution < -0.4 is 10.1 Å². The Kier molecular flexibility index (Phi) is 6.06. The fourth-order valence-corrected chi connectivity index (χ4v) is 1.60. The molecule has 1 aromatic rings. The highest BCUT2D eigenvalue weighted by molar-refractivity contribution is 5.94. The van der Waals surface area contributed by atoms with Crippen LogP contribution in [0.25, 0.3) is 0 Å². The SMILES string of the molecule is CC(=O)c1ccc(OCCCC(=O)NC(C)C)cc1. The van der Waals surface area contributed by atoms with Crippen LogP contribution in [-0.2, 0) is 4.79 Å². The summed E-state index contributed by atoms with van der Waals surface area (Å²) in [5, 5.41) is 2.83. The zero-order valence-electron chi connectivity index (χ0n) is 11.7. The van der Waals surface area contributed by atoms with E-state index in [1.807, 2.05) is 13.8 Å². The summed E-state index contributed by atoms with van der Waals surface area (Å²) in [6.45, 7) is 5.89. The molecule has 1 aromatic carbocycles. The zero-order valence-corrected chi connectivity index (χ0v) is 11.7. The predicted octanol–water partition coefficient (Wildman–Crippen LogP) is 2.57. The maximum atomic E-state index is 11.4. The lowest BCUT2D eigenvalue weighted by Crippen LogP contribution is -2.30. The van der Waals surface area contributed by atoms with Crippen LogP contribution in [0.15, 0.2) is 24.3 Å². The normalized spacial score (nSPS) is 10.3. The van der Waals surface area contributed by atoms with Crippen molar-refractivity contribution < 1.29 is 14.3 Å². The fourth-order valence-electron chi connectivity index (χ4n) is 1.60. The van der Waals surface area contributed by atoms with Gasteiger partial charge in [-0.15, -0.1) is 0 Å². The lowest BCUT2D eigenvalue weighted by molar-refractivity contribution is -0.121. The third kappa shape index (κ3) is 6.04. The van der Waals surface area contributed by atoms with Crippen LogP contribution in [0.5, 0.6) is 5.75 Å². The maximum absolute atomic E-state index is 11.4. The van der Waals surface area contributed by atoms with Crippen molar-refractivity contribution in [1.29, 1.82) is 0 Å². The van der Waals surface area contributed by atoms with Crippen LogP contribution in [-0.4, -0.2) is 24.3 Å². The average molecular weight is 263 g/mol. The molecule has 0 aliphatic rings. The van der Waals surface area contributed by atoms with Gasteiger partial charge in [-0.2, -0.15) is 0 Å². The third-order valence-corrected chi connectivity index (χ3v) is 2.53. The quantitative estimate of drug-likeness (QED) is 0.607. The molecule has 0 spiro atoms. The smallest absolute Gasteiger partial charge is 0.220 e. The van der Waals surface area contributed by atoms with Crippen LogP contribution in [0.4, 0.5) is 0 Å². The molecule has 1 amide bonds. The minimum Gasteiger partial charge on any atom is -0.494 e. The van der Waals surface area contributed by atoms with Gasteiger partial charge in [0.25, 0.3) is 0 Å². The average Bonchev–Trinajstić information content (AvgIpc) is 2.34. The Morgan fingerprint density at radius 3 is 2.37 bits per heavy atom. The van der Waals surface area contributed by atoms with Gasteiger partial charge < -0.3 is 10.1 Å². The van der Waals surface area contributed by atoms with Gasteiger partial charge in [0.05, 0.1) is 6.61 Å². The molecule has 4 nitrogen and oxygen atoms in total. The summed E-state index contributed by atoms with van der Waals surface area (Å²) in [6.07, 6.45) is 1.14. The van der Waals surface area contributed by atoms with Gasteiger partial charge in [-0.25, -0.2) is 0 Å². The van der Waals surface area contributed by atoms with Gasteiger partial charge in [-0.3, -0.25) is 9.59 Å². The molecule has 0 aromatic heterocycles. The van der Waals surface area contributed by atoms with Crippen LogP contribution in [0, 0.1) is 0 Å².